The van der Waals surface area contributed by atoms with E-state index in [1.807, 2.05) is 48.2 Å². The number of aromatic nitrogens is 1. The van der Waals surface area contributed by atoms with Crippen LogP contribution in [0, 0.1) is 0 Å². The zero-order chi connectivity index (χ0) is 29.4. The molecule has 4 fully saturated rings. The van der Waals surface area contributed by atoms with Gasteiger partial charge in [-0.05, 0) is 42.3 Å². The molecule has 9 rings (SSSR count). The molecule has 4 atom stereocenters. The van der Waals surface area contributed by atoms with Gasteiger partial charge in [-0.1, -0.05) is 90.3 Å². The summed E-state index contributed by atoms with van der Waals surface area (Å²) in [5, 5.41) is 1.09. The highest BCUT2D eigenvalue weighted by atomic mass is 32.2. The Morgan fingerprint density at radius 3 is 2.33 bits per heavy atom. The lowest BCUT2D eigenvalue weighted by Crippen LogP contribution is -2.72. The van der Waals surface area contributed by atoms with E-state index in [0.29, 0.717) is 9.95 Å². The minimum atomic E-state index is -1.16. The number of carbonyl (C=O) groups excluding carboxylic acids is 2. The molecule has 42 heavy (non-hydrogen) atoms. The van der Waals surface area contributed by atoms with Gasteiger partial charge in [0.15, 0.2) is 9.74 Å². The summed E-state index contributed by atoms with van der Waals surface area (Å²) in [5.41, 5.74) is 4.57. The summed E-state index contributed by atoms with van der Waals surface area (Å²) < 4.78 is 17.2. The summed E-state index contributed by atoms with van der Waals surface area (Å²) in [6.45, 7) is 1.83. The molecule has 5 aliphatic rings. The molecule has 1 N–H and O–H groups in total. The predicted molar refractivity (Wildman–Crippen MR) is 170 cm³/mol. The number of hydrogen-bond donors (Lipinski definition) is 1. The molecule has 0 saturated carbocycles. The quantitative estimate of drug-likeness (QED) is 0.304. The van der Waals surface area contributed by atoms with Crippen molar-refractivity contribution >= 4 is 84.9 Å². The molecular weight excluding hydrogens is 609 g/mol. The fourth-order valence-electron chi connectivity index (χ4n) is 7.26. The van der Waals surface area contributed by atoms with Gasteiger partial charge in [-0.3, -0.25) is 14.5 Å². The van der Waals surface area contributed by atoms with Crippen LogP contribution < -0.4 is 4.90 Å². The number of aromatic amines is 1. The molecule has 1 spiro atoms. The number of benzene rings is 3. The second-order valence-corrected chi connectivity index (χ2v) is 14.8. The Balaban J connectivity index is 0.000000923. The highest BCUT2D eigenvalue weighted by Crippen LogP contribution is 2.69. The van der Waals surface area contributed by atoms with Crippen LogP contribution in [-0.4, -0.2) is 61.5 Å². The number of para-hydroxylation sites is 3. The van der Waals surface area contributed by atoms with Crippen molar-refractivity contribution in [2.24, 2.45) is 0 Å². The zero-order valence-corrected chi connectivity index (χ0v) is 25.7. The Morgan fingerprint density at radius 2 is 1.57 bits per heavy atom. The Bertz CT molecular complexity index is 1840. The molecule has 0 radical (unpaired) electrons. The summed E-state index contributed by atoms with van der Waals surface area (Å²) in [5.74, 6) is -0.150. The summed E-state index contributed by atoms with van der Waals surface area (Å²) in [6.07, 6.45) is 2.04. The van der Waals surface area contributed by atoms with E-state index in [-0.39, 0.29) is 11.8 Å². The van der Waals surface area contributed by atoms with E-state index in [4.69, 9.17) is 20.6 Å². The molecule has 2 amide bonds. The van der Waals surface area contributed by atoms with Gasteiger partial charge in [-0.2, -0.15) is 8.42 Å². The normalized spacial score (nSPS) is 29.1. The molecule has 8 nitrogen and oxygen atoms in total. The second kappa shape index (κ2) is 9.53. The molecule has 2 bridgehead atoms. The van der Waals surface area contributed by atoms with Gasteiger partial charge >= 0.3 is 11.6 Å². The first-order chi connectivity index (χ1) is 20.2. The Hall–Kier alpha value is -3.45. The fraction of sp³-hybridized carbons (Fsp3) is 0.233. The van der Waals surface area contributed by atoms with Crippen molar-refractivity contribution < 1.29 is 18.0 Å². The highest BCUT2D eigenvalue weighted by Gasteiger charge is 2.77. The van der Waals surface area contributed by atoms with Crippen LogP contribution in [0.25, 0.3) is 10.9 Å². The molecule has 3 aromatic carbocycles. The second-order valence-electron chi connectivity index (χ2n) is 10.8. The van der Waals surface area contributed by atoms with E-state index in [1.165, 1.54) is 23.5 Å². The Kier molecular flexibility index (Phi) is 6.21. The van der Waals surface area contributed by atoms with Gasteiger partial charge in [0.25, 0.3) is 11.8 Å². The van der Waals surface area contributed by atoms with E-state index in [9.17, 15) is 9.59 Å². The van der Waals surface area contributed by atoms with Crippen molar-refractivity contribution in [2.45, 2.75) is 34.7 Å². The van der Waals surface area contributed by atoms with Crippen molar-refractivity contribution in [2.75, 3.05) is 11.9 Å². The van der Waals surface area contributed by atoms with E-state index in [2.05, 4.69) is 58.5 Å². The number of likely N-dealkylation sites (N-methyl/N-ethyl adjacent to an activating group) is 1. The molecular formula is C30H24N4O4S4. The van der Waals surface area contributed by atoms with Crippen LogP contribution in [0.5, 0.6) is 0 Å². The number of piperazine rings is 1. The van der Waals surface area contributed by atoms with Gasteiger partial charge in [0.05, 0.1) is 5.41 Å². The minimum Gasteiger partial charge on any atom is -0.361 e. The van der Waals surface area contributed by atoms with Gasteiger partial charge in [-0.25, -0.2) is 0 Å². The van der Waals surface area contributed by atoms with Crippen LogP contribution in [-0.2, 0) is 26.6 Å². The monoisotopic (exact) mass is 632 g/mol. The van der Waals surface area contributed by atoms with Gasteiger partial charge in [-0.15, -0.1) is 0 Å². The average molecular weight is 633 g/mol. The number of nitrogens with zero attached hydrogens (tertiary/aromatic N) is 3. The number of thiocarbonyl (C=S) groups is 1. The molecule has 6 heterocycles. The molecule has 4 saturated heterocycles. The van der Waals surface area contributed by atoms with Crippen LogP contribution in [0.4, 0.5) is 11.4 Å². The summed E-state index contributed by atoms with van der Waals surface area (Å²) in [4.78, 5) is 36.3. The Labute approximate surface area is 259 Å². The highest BCUT2D eigenvalue weighted by molar-refractivity contribution is 8.48. The predicted octanol–water partition coefficient (Wildman–Crippen LogP) is 5.14. The third kappa shape index (κ3) is 3.34. The SMILES string of the molecule is CN1C(=O)C23CC4(c5c[nH]c6ccccc56)c5ccccc5N(c5ccccc5)[C@@H]4N2C(=O)[C@@]1(C)SC(=S)S3.O=S=O. The lowest BCUT2D eigenvalue weighted by molar-refractivity contribution is -0.163. The maximum Gasteiger partial charge on any atom is 0.335 e. The largest absolute Gasteiger partial charge is 0.361 e. The number of carbonyl (C=O) groups is 2. The summed E-state index contributed by atoms with van der Waals surface area (Å²) >= 11 is 7.78. The van der Waals surface area contributed by atoms with Crippen LogP contribution >= 0.6 is 35.7 Å². The molecule has 0 aliphatic carbocycles. The molecule has 5 aliphatic heterocycles. The third-order valence-corrected chi connectivity index (χ3v) is 12.0. The average Bonchev–Trinajstić information content (AvgIpc) is 3.60. The molecule has 1 aromatic heterocycles. The van der Waals surface area contributed by atoms with Gasteiger partial charge < -0.3 is 14.8 Å². The first-order valence-electron chi connectivity index (χ1n) is 13.2. The summed E-state index contributed by atoms with van der Waals surface area (Å²) in [7, 11) is 1.75. The van der Waals surface area contributed by atoms with E-state index < -0.39 is 32.9 Å². The molecule has 12 heteroatoms. The number of amides is 2. The minimum absolute atomic E-state index is 0.0685. The van der Waals surface area contributed by atoms with Crippen molar-refractivity contribution in [3.63, 3.8) is 0 Å². The van der Waals surface area contributed by atoms with E-state index in [0.717, 1.165) is 33.4 Å². The standard InChI is InChI=1S/C30H24N4O2S3.O2S/c1-28-25(35)34-24-29(21-16-31-22-14-8-6-12-19(21)22,17-30(34,26(36)32(28)2)39-27(37)38-28)20-13-7-9-15-23(20)33(24)18-10-4-3-5-11-18;1-3-2/h3-16,24,31H,17H2,1-2H3;/t24-,28-,29?,30?;/m1./s1. The van der Waals surface area contributed by atoms with Crippen molar-refractivity contribution in [3.8, 4) is 0 Å². The number of hydrogen-bond acceptors (Lipinski definition) is 8. The number of anilines is 2. The smallest absolute Gasteiger partial charge is 0.335 e. The maximum atomic E-state index is 14.8. The number of rotatable bonds is 2. The number of thioether (sulfide) groups is 2. The Morgan fingerprint density at radius 1 is 0.905 bits per heavy atom. The van der Waals surface area contributed by atoms with Gasteiger partial charge in [0.2, 0.25) is 0 Å². The molecule has 4 aromatic rings. The third-order valence-electron chi connectivity index (χ3n) is 9.01. The van der Waals surface area contributed by atoms with Gasteiger partial charge in [0, 0.05) is 41.9 Å². The summed E-state index contributed by atoms with van der Waals surface area (Å²) in [6, 6.07) is 26.9. The van der Waals surface area contributed by atoms with Crippen molar-refractivity contribution in [1.82, 2.24) is 14.8 Å². The number of H-pyrrole nitrogens is 1. The van der Waals surface area contributed by atoms with Crippen molar-refractivity contribution in [1.29, 1.82) is 0 Å². The fourth-order valence-corrected chi connectivity index (χ4v) is 11.0. The van der Waals surface area contributed by atoms with Crippen LogP contribution in [0.3, 0.4) is 0 Å². The molecule has 212 valence electrons. The van der Waals surface area contributed by atoms with Crippen LogP contribution in [0.1, 0.15) is 24.5 Å². The van der Waals surface area contributed by atoms with Crippen LogP contribution in [0.15, 0.2) is 85.1 Å². The van der Waals surface area contributed by atoms with E-state index >= 15 is 0 Å². The number of fused-ring (bicyclic) bond motifs is 7. The zero-order valence-electron chi connectivity index (χ0n) is 22.5. The lowest BCUT2D eigenvalue weighted by atomic mass is 9.72. The van der Waals surface area contributed by atoms with Crippen LogP contribution in [0.2, 0.25) is 0 Å². The maximum absolute atomic E-state index is 14.8. The van der Waals surface area contributed by atoms with E-state index in [1.54, 1.807) is 11.9 Å². The first-order valence-corrected chi connectivity index (χ1v) is 15.9. The topological polar surface area (TPSA) is 93.8 Å². The molecule has 2 unspecified atom stereocenters. The first kappa shape index (κ1) is 27.4. The lowest BCUT2D eigenvalue weighted by Gasteiger charge is -2.51. The van der Waals surface area contributed by atoms with Crippen molar-refractivity contribution in [3.05, 3.63) is 96.2 Å². The number of nitrogens with one attached hydrogen (secondary N) is 1. The van der Waals surface area contributed by atoms with Gasteiger partial charge in [0.1, 0.15) is 9.69 Å².